The zero-order valence-electron chi connectivity index (χ0n) is 23.0. The van der Waals surface area contributed by atoms with Gasteiger partial charge >= 0.3 is 12.2 Å². The van der Waals surface area contributed by atoms with Gasteiger partial charge in [-0.1, -0.05) is 11.6 Å². The van der Waals surface area contributed by atoms with Gasteiger partial charge < -0.3 is 24.0 Å². The minimum atomic E-state index is -0.612. The number of carbonyl (C=O) groups is 2. The number of hydrogen-bond acceptors (Lipinski definition) is 9. The van der Waals surface area contributed by atoms with Gasteiger partial charge in [0.1, 0.15) is 11.6 Å². The van der Waals surface area contributed by atoms with Crippen molar-refractivity contribution < 1.29 is 23.8 Å². The summed E-state index contributed by atoms with van der Waals surface area (Å²) in [5, 5.41) is 8.90. The van der Waals surface area contributed by atoms with E-state index >= 15 is 0 Å². The van der Waals surface area contributed by atoms with E-state index in [-0.39, 0.29) is 12.1 Å². The minimum absolute atomic E-state index is 0.0851. The van der Waals surface area contributed by atoms with E-state index in [0.29, 0.717) is 61.7 Å². The molecule has 0 bridgehead atoms. The Morgan fingerprint density at radius 3 is 2.38 bits per heavy atom. The van der Waals surface area contributed by atoms with Crippen LogP contribution in [0.25, 0.3) is 22.4 Å². The second-order valence-corrected chi connectivity index (χ2v) is 10.5. The highest BCUT2D eigenvalue weighted by molar-refractivity contribution is 6.30. The van der Waals surface area contributed by atoms with Gasteiger partial charge in [-0.15, -0.1) is 0 Å². The van der Waals surface area contributed by atoms with Crippen molar-refractivity contribution in [3.05, 3.63) is 59.8 Å². The van der Waals surface area contributed by atoms with Gasteiger partial charge in [0.15, 0.2) is 11.5 Å². The van der Waals surface area contributed by atoms with Crippen LogP contribution < -0.4 is 15.0 Å². The van der Waals surface area contributed by atoms with Crippen molar-refractivity contribution in [1.29, 1.82) is 0 Å². The molecular weight excluding hydrogens is 562 g/mol. The third-order valence-electron chi connectivity index (χ3n) is 7.40. The van der Waals surface area contributed by atoms with E-state index < -0.39 is 6.09 Å². The van der Waals surface area contributed by atoms with Crippen LogP contribution in [-0.2, 0) is 9.47 Å². The van der Waals surface area contributed by atoms with Crippen molar-refractivity contribution >= 4 is 46.3 Å². The van der Waals surface area contributed by atoms with Crippen LogP contribution >= 0.6 is 11.6 Å². The highest BCUT2D eigenvalue weighted by Gasteiger charge is 2.28. The summed E-state index contributed by atoms with van der Waals surface area (Å²) in [5.74, 6) is 1.75. The normalized spacial score (nSPS) is 16.0. The van der Waals surface area contributed by atoms with Crippen molar-refractivity contribution in [2.24, 2.45) is 0 Å². The van der Waals surface area contributed by atoms with Gasteiger partial charge in [0.25, 0.3) is 0 Å². The Kier molecular flexibility index (Phi) is 8.06. The number of rotatable bonds is 5. The number of amides is 2. The minimum Gasteiger partial charge on any atom is -0.453 e. The maximum atomic E-state index is 12.4. The molecule has 0 spiro atoms. The molecule has 2 aromatic heterocycles. The molecule has 2 fully saturated rings. The SMILES string of the molecule is COC(=O)N1CCC(n2ncc3c(N4CCOCC4)nc(-c4ccc(NC(=O)Oc5ccc(Cl)cc5)cc4)nc32)CC1. The van der Waals surface area contributed by atoms with Crippen LogP contribution in [0.2, 0.25) is 5.02 Å². The van der Waals surface area contributed by atoms with Gasteiger partial charge in [-0.25, -0.2) is 24.2 Å². The number of piperidine rings is 1. The number of nitrogens with one attached hydrogen (secondary N) is 1. The summed E-state index contributed by atoms with van der Waals surface area (Å²) >= 11 is 5.90. The van der Waals surface area contributed by atoms with Crippen molar-refractivity contribution in [3.8, 4) is 17.1 Å². The monoisotopic (exact) mass is 591 g/mol. The lowest BCUT2D eigenvalue weighted by Gasteiger charge is -2.31. The van der Waals surface area contributed by atoms with E-state index in [9.17, 15) is 9.59 Å². The van der Waals surface area contributed by atoms with Crippen molar-refractivity contribution in [2.45, 2.75) is 18.9 Å². The third kappa shape index (κ3) is 5.95. The summed E-state index contributed by atoms with van der Waals surface area (Å²) in [6, 6.07) is 13.9. The molecule has 2 aromatic carbocycles. The van der Waals surface area contributed by atoms with Crippen molar-refractivity contribution in [1.82, 2.24) is 24.6 Å². The fraction of sp³-hybridized carbons (Fsp3) is 0.345. The van der Waals surface area contributed by atoms with Gasteiger partial charge in [-0.3, -0.25) is 5.32 Å². The molecule has 0 radical (unpaired) electrons. The number of halogens is 1. The van der Waals surface area contributed by atoms with Crippen LogP contribution in [0, 0.1) is 0 Å². The van der Waals surface area contributed by atoms with E-state index in [0.717, 1.165) is 35.3 Å². The fourth-order valence-electron chi connectivity index (χ4n) is 5.20. The van der Waals surface area contributed by atoms with Gasteiger partial charge in [0, 0.05) is 42.5 Å². The lowest BCUT2D eigenvalue weighted by atomic mass is 10.1. The zero-order chi connectivity index (χ0) is 29.1. The molecule has 42 heavy (non-hydrogen) atoms. The molecule has 2 amide bonds. The first kappa shape index (κ1) is 27.7. The van der Waals surface area contributed by atoms with Gasteiger partial charge in [-0.05, 0) is 61.4 Å². The Morgan fingerprint density at radius 2 is 1.69 bits per heavy atom. The maximum absolute atomic E-state index is 12.4. The molecular formula is C29H30ClN7O5. The van der Waals surface area contributed by atoms with Crippen LogP contribution in [-0.4, -0.2) is 83.3 Å². The predicted molar refractivity (Wildman–Crippen MR) is 157 cm³/mol. The lowest BCUT2D eigenvalue weighted by Crippen LogP contribution is -2.39. The summed E-state index contributed by atoms with van der Waals surface area (Å²) in [5.41, 5.74) is 2.10. The number of anilines is 2. The van der Waals surface area contributed by atoms with Crippen molar-refractivity contribution in [3.63, 3.8) is 0 Å². The van der Waals surface area contributed by atoms with Crippen LogP contribution in [0.5, 0.6) is 5.75 Å². The Balaban J connectivity index is 1.26. The average molecular weight is 592 g/mol. The molecule has 13 heteroatoms. The topological polar surface area (TPSA) is 124 Å². The van der Waals surface area contributed by atoms with E-state index in [1.54, 1.807) is 41.3 Å². The fourth-order valence-corrected chi connectivity index (χ4v) is 5.33. The first-order valence-corrected chi connectivity index (χ1v) is 14.1. The molecule has 4 heterocycles. The molecule has 2 aliphatic heterocycles. The summed E-state index contributed by atoms with van der Waals surface area (Å²) in [7, 11) is 1.40. The number of nitrogens with zero attached hydrogens (tertiary/aromatic N) is 6. The summed E-state index contributed by atoms with van der Waals surface area (Å²) in [4.78, 5) is 38.2. The number of ether oxygens (including phenoxy) is 3. The molecule has 12 nitrogen and oxygen atoms in total. The van der Waals surface area contributed by atoms with Crippen molar-refractivity contribution in [2.75, 3.05) is 56.7 Å². The lowest BCUT2D eigenvalue weighted by molar-refractivity contribution is 0.106. The standard InChI is InChI=1S/C29H30ClN7O5/c1-40-29(39)36-12-10-22(11-13-36)37-27-24(18-31-37)26(35-14-16-41-17-15-35)33-25(34-27)19-2-6-21(7-3-19)32-28(38)42-23-8-4-20(30)5-9-23/h2-9,18,22H,10-17H2,1H3,(H,32,38). The van der Waals surface area contributed by atoms with Crippen LogP contribution in [0.4, 0.5) is 21.1 Å². The van der Waals surface area contributed by atoms with E-state index in [1.807, 2.05) is 23.0 Å². The van der Waals surface area contributed by atoms with Gasteiger partial charge in [0.2, 0.25) is 0 Å². The Labute approximate surface area is 247 Å². The number of morpholine rings is 1. The number of aromatic nitrogens is 4. The number of hydrogen-bond donors (Lipinski definition) is 1. The molecule has 4 aromatic rings. The van der Waals surface area contributed by atoms with Crippen LogP contribution in [0.3, 0.4) is 0 Å². The predicted octanol–water partition coefficient (Wildman–Crippen LogP) is 5.00. The number of methoxy groups -OCH3 is 1. The van der Waals surface area contributed by atoms with E-state index in [4.69, 9.17) is 40.9 Å². The third-order valence-corrected chi connectivity index (χ3v) is 7.65. The number of carbonyl (C=O) groups excluding carboxylic acids is 2. The Hall–Kier alpha value is -4.42. The summed E-state index contributed by atoms with van der Waals surface area (Å²) in [6.45, 7) is 3.84. The summed E-state index contributed by atoms with van der Waals surface area (Å²) < 4.78 is 17.7. The molecule has 0 aliphatic carbocycles. The average Bonchev–Trinajstić information content (AvgIpc) is 3.46. The second kappa shape index (κ2) is 12.2. The largest absolute Gasteiger partial charge is 0.453 e. The highest BCUT2D eigenvalue weighted by atomic mass is 35.5. The molecule has 0 unspecified atom stereocenters. The molecule has 6 rings (SSSR count). The van der Waals surface area contributed by atoms with Gasteiger partial charge in [0.05, 0.1) is 37.9 Å². The molecule has 2 aliphatic rings. The van der Waals surface area contributed by atoms with Crippen LogP contribution in [0.15, 0.2) is 54.7 Å². The first-order chi connectivity index (χ1) is 20.5. The zero-order valence-corrected chi connectivity index (χ0v) is 23.8. The molecule has 2 saturated heterocycles. The quantitative estimate of drug-likeness (QED) is 0.341. The number of likely N-dealkylation sites (tertiary alicyclic amines) is 1. The van der Waals surface area contributed by atoms with Crippen LogP contribution in [0.1, 0.15) is 18.9 Å². The highest BCUT2D eigenvalue weighted by Crippen LogP contribution is 2.32. The Bertz CT molecular complexity index is 1560. The molecule has 0 atom stereocenters. The Morgan fingerprint density at radius 1 is 0.976 bits per heavy atom. The van der Waals surface area contributed by atoms with E-state index in [1.165, 1.54) is 7.11 Å². The number of fused-ring (bicyclic) bond motifs is 1. The molecule has 1 N–H and O–H groups in total. The first-order valence-electron chi connectivity index (χ1n) is 13.7. The molecule has 0 saturated carbocycles. The number of benzene rings is 2. The maximum Gasteiger partial charge on any atom is 0.417 e. The van der Waals surface area contributed by atoms with E-state index in [2.05, 4.69) is 10.2 Å². The summed E-state index contributed by atoms with van der Waals surface area (Å²) in [6.07, 6.45) is 2.39. The molecule has 218 valence electrons. The second-order valence-electron chi connectivity index (χ2n) is 10.0. The smallest absolute Gasteiger partial charge is 0.417 e. The van der Waals surface area contributed by atoms with Gasteiger partial charge in [-0.2, -0.15) is 5.10 Å².